The van der Waals surface area contributed by atoms with Gasteiger partial charge < -0.3 is 25.0 Å². The Hall–Kier alpha value is -4.00. The van der Waals surface area contributed by atoms with Gasteiger partial charge in [-0.1, -0.05) is 18.7 Å². The second-order valence-electron chi connectivity index (χ2n) is 9.69. The highest BCUT2D eigenvalue weighted by Crippen LogP contribution is 2.37. The van der Waals surface area contributed by atoms with Crippen molar-refractivity contribution in [2.45, 2.75) is 44.2 Å². The van der Waals surface area contributed by atoms with Crippen molar-refractivity contribution in [2.75, 3.05) is 44.1 Å². The molecule has 3 aromatic rings. The molecular formula is C30H36N6O3. The molecule has 1 fully saturated rings. The molecule has 1 aliphatic carbocycles. The fourth-order valence-electron chi connectivity index (χ4n) is 5.12. The number of nitrogens with zero attached hydrogens (tertiary/aromatic N) is 4. The number of hydrogen-bond donors (Lipinski definition) is 2. The number of methoxy groups -OCH3 is 2. The lowest BCUT2D eigenvalue weighted by Crippen LogP contribution is -2.46. The number of carbonyl (C=O) groups excluding carboxylic acids is 1. The van der Waals surface area contributed by atoms with E-state index in [1.807, 2.05) is 35.2 Å². The van der Waals surface area contributed by atoms with Gasteiger partial charge in [0.2, 0.25) is 0 Å². The SMILES string of the molecule is C=C(C#N)CNc1c(OC)ccc2ccc(N(C(=O)c3ccncn3)C3CCC(NCCCOC)CC3)cc12. The zero-order chi connectivity index (χ0) is 27.6. The number of aromatic nitrogens is 2. The largest absolute Gasteiger partial charge is 0.495 e. The van der Waals surface area contributed by atoms with Crippen molar-refractivity contribution >= 4 is 28.1 Å². The van der Waals surface area contributed by atoms with E-state index >= 15 is 0 Å². The summed E-state index contributed by atoms with van der Waals surface area (Å²) in [6, 6.07) is 14.1. The molecule has 9 nitrogen and oxygen atoms in total. The smallest absolute Gasteiger partial charge is 0.277 e. The summed E-state index contributed by atoms with van der Waals surface area (Å²) >= 11 is 0. The van der Waals surface area contributed by atoms with Gasteiger partial charge in [-0.05, 0) is 68.3 Å². The number of rotatable bonds is 12. The van der Waals surface area contributed by atoms with Crippen LogP contribution in [0.3, 0.4) is 0 Å². The van der Waals surface area contributed by atoms with Crippen LogP contribution in [-0.4, -0.2) is 61.9 Å². The van der Waals surface area contributed by atoms with Crippen LogP contribution in [0.1, 0.15) is 42.6 Å². The molecule has 9 heteroatoms. The van der Waals surface area contributed by atoms with E-state index < -0.39 is 0 Å². The molecule has 1 saturated carbocycles. The van der Waals surface area contributed by atoms with Crippen LogP contribution < -0.4 is 20.3 Å². The maximum atomic E-state index is 13.9. The minimum Gasteiger partial charge on any atom is -0.495 e. The predicted octanol–water partition coefficient (Wildman–Crippen LogP) is 4.71. The first-order chi connectivity index (χ1) is 19.0. The van der Waals surface area contributed by atoms with Crippen molar-refractivity contribution in [1.82, 2.24) is 15.3 Å². The van der Waals surface area contributed by atoms with Gasteiger partial charge in [0.1, 0.15) is 17.8 Å². The molecule has 0 saturated heterocycles. The number of ether oxygens (including phenoxy) is 2. The average molecular weight is 529 g/mol. The monoisotopic (exact) mass is 528 g/mol. The van der Waals surface area contributed by atoms with E-state index in [4.69, 9.17) is 9.47 Å². The third-order valence-electron chi connectivity index (χ3n) is 7.14. The van der Waals surface area contributed by atoms with Crippen LogP contribution in [0.5, 0.6) is 5.75 Å². The molecule has 4 rings (SSSR count). The zero-order valence-corrected chi connectivity index (χ0v) is 22.7. The van der Waals surface area contributed by atoms with Gasteiger partial charge in [0.15, 0.2) is 0 Å². The van der Waals surface area contributed by atoms with E-state index in [1.165, 1.54) is 6.33 Å². The van der Waals surface area contributed by atoms with Crippen molar-refractivity contribution in [3.05, 3.63) is 66.8 Å². The highest BCUT2D eigenvalue weighted by molar-refractivity contribution is 6.07. The first kappa shape index (κ1) is 28.0. The van der Waals surface area contributed by atoms with Gasteiger partial charge in [0.05, 0.1) is 18.9 Å². The lowest BCUT2D eigenvalue weighted by Gasteiger charge is -2.37. The lowest BCUT2D eigenvalue weighted by atomic mass is 9.89. The summed E-state index contributed by atoms with van der Waals surface area (Å²) in [4.78, 5) is 24.0. The van der Waals surface area contributed by atoms with Crippen molar-refractivity contribution in [1.29, 1.82) is 5.26 Å². The predicted molar refractivity (Wildman–Crippen MR) is 153 cm³/mol. The number of hydrogen-bond acceptors (Lipinski definition) is 8. The van der Waals surface area contributed by atoms with Gasteiger partial charge in [-0.15, -0.1) is 0 Å². The second-order valence-corrected chi connectivity index (χ2v) is 9.69. The molecule has 1 heterocycles. The van der Waals surface area contributed by atoms with Crippen LogP contribution in [0.2, 0.25) is 0 Å². The highest BCUT2D eigenvalue weighted by atomic mass is 16.5. The number of nitrogens with one attached hydrogen (secondary N) is 2. The number of fused-ring (bicyclic) bond motifs is 1. The molecule has 0 aliphatic heterocycles. The van der Waals surface area contributed by atoms with E-state index in [1.54, 1.807) is 26.5 Å². The van der Waals surface area contributed by atoms with E-state index in [0.717, 1.165) is 67.4 Å². The Morgan fingerprint density at radius 2 is 1.97 bits per heavy atom. The topological polar surface area (TPSA) is 112 Å². The quantitative estimate of drug-likeness (QED) is 0.257. The molecule has 0 spiro atoms. The molecule has 39 heavy (non-hydrogen) atoms. The molecular weight excluding hydrogens is 492 g/mol. The van der Waals surface area contributed by atoms with Gasteiger partial charge >= 0.3 is 0 Å². The molecule has 1 amide bonds. The zero-order valence-electron chi connectivity index (χ0n) is 22.7. The van der Waals surface area contributed by atoms with Crippen LogP contribution >= 0.6 is 0 Å². The van der Waals surface area contributed by atoms with Gasteiger partial charge in [0, 0.05) is 55.2 Å². The first-order valence-corrected chi connectivity index (χ1v) is 13.3. The normalized spacial score (nSPS) is 16.8. The number of carbonyl (C=O) groups is 1. The van der Waals surface area contributed by atoms with Crippen LogP contribution in [0.15, 0.2) is 61.1 Å². The molecule has 2 aromatic carbocycles. The summed E-state index contributed by atoms with van der Waals surface area (Å²) in [5.74, 6) is 0.502. The molecule has 0 bridgehead atoms. The molecule has 1 aromatic heterocycles. The fraction of sp³-hybridized carbons (Fsp3) is 0.400. The molecule has 0 radical (unpaired) electrons. The van der Waals surface area contributed by atoms with Gasteiger partial charge in [-0.25, -0.2) is 9.97 Å². The van der Waals surface area contributed by atoms with Crippen molar-refractivity contribution in [3.63, 3.8) is 0 Å². The Morgan fingerprint density at radius 1 is 1.18 bits per heavy atom. The summed E-state index contributed by atoms with van der Waals surface area (Å²) in [7, 11) is 3.33. The Bertz CT molecular complexity index is 1320. The molecule has 0 atom stereocenters. The molecule has 1 aliphatic rings. The summed E-state index contributed by atoms with van der Waals surface area (Å²) < 4.78 is 10.8. The summed E-state index contributed by atoms with van der Waals surface area (Å²) in [5.41, 5.74) is 2.32. The van der Waals surface area contributed by atoms with Crippen LogP contribution in [0.25, 0.3) is 10.8 Å². The fourth-order valence-corrected chi connectivity index (χ4v) is 5.12. The Balaban J connectivity index is 1.66. The van der Waals surface area contributed by atoms with E-state index in [9.17, 15) is 10.1 Å². The van der Waals surface area contributed by atoms with Gasteiger partial charge in [-0.2, -0.15) is 5.26 Å². The van der Waals surface area contributed by atoms with Crippen molar-refractivity contribution in [2.24, 2.45) is 0 Å². The van der Waals surface area contributed by atoms with Gasteiger partial charge in [-0.3, -0.25) is 4.79 Å². The molecule has 0 unspecified atom stereocenters. The second kappa shape index (κ2) is 13.7. The molecule has 204 valence electrons. The van der Waals surface area contributed by atoms with E-state index in [2.05, 4.69) is 33.2 Å². The van der Waals surface area contributed by atoms with Crippen LogP contribution in [0.4, 0.5) is 11.4 Å². The summed E-state index contributed by atoms with van der Waals surface area (Å²) in [5, 5.41) is 18.0. The number of benzene rings is 2. The maximum Gasteiger partial charge on any atom is 0.277 e. The van der Waals surface area contributed by atoms with Crippen LogP contribution in [-0.2, 0) is 4.74 Å². The Kier molecular flexibility index (Phi) is 9.84. The first-order valence-electron chi connectivity index (χ1n) is 13.3. The summed E-state index contributed by atoms with van der Waals surface area (Å²) in [6.45, 7) is 5.75. The Morgan fingerprint density at radius 3 is 2.67 bits per heavy atom. The van der Waals surface area contributed by atoms with Crippen molar-refractivity contribution < 1.29 is 14.3 Å². The average Bonchev–Trinajstić information content (AvgIpc) is 2.99. The van der Waals surface area contributed by atoms with Crippen LogP contribution in [0, 0.1) is 11.3 Å². The third-order valence-corrected chi connectivity index (χ3v) is 7.14. The summed E-state index contributed by atoms with van der Waals surface area (Å²) in [6.07, 6.45) is 7.69. The van der Waals surface area contributed by atoms with Crippen molar-refractivity contribution in [3.8, 4) is 11.8 Å². The Labute approximate surface area is 229 Å². The van der Waals surface area contributed by atoms with Gasteiger partial charge in [0.25, 0.3) is 5.91 Å². The van der Waals surface area contributed by atoms with E-state index in [-0.39, 0.29) is 11.9 Å². The maximum absolute atomic E-state index is 13.9. The number of nitriles is 1. The van der Waals surface area contributed by atoms with E-state index in [0.29, 0.717) is 29.6 Å². The lowest BCUT2D eigenvalue weighted by molar-refractivity contribution is 0.0963. The molecule has 2 N–H and O–H groups in total. The highest BCUT2D eigenvalue weighted by Gasteiger charge is 2.31. The standard InChI is InChI=1S/C30H36N6O3/c1-21(18-31)19-34-29-26-17-25(9-5-22(26)6-12-28(29)39-3)36(30(37)27-13-15-32-20-35-27)24-10-7-23(8-11-24)33-14-4-16-38-2/h5-6,9,12-13,15,17,20,23-24,33-34H,1,4,7-8,10-11,14,16,19H2,2-3H3. The minimum absolute atomic E-state index is 0.0299. The third kappa shape index (κ3) is 6.91. The minimum atomic E-state index is -0.150. The number of anilines is 2. The number of amides is 1.